The van der Waals surface area contributed by atoms with Gasteiger partial charge in [-0.15, -0.1) is 0 Å². The van der Waals surface area contributed by atoms with Gasteiger partial charge in [0.05, 0.1) is 4.90 Å². The van der Waals surface area contributed by atoms with Gasteiger partial charge in [0.25, 0.3) is 11.8 Å². The molecule has 0 aromatic heterocycles. The van der Waals surface area contributed by atoms with Crippen LogP contribution in [0, 0.1) is 0 Å². The minimum atomic E-state index is -3.54. The largest absolute Gasteiger partial charge is 0.352 e. The molecule has 1 aliphatic carbocycles. The van der Waals surface area contributed by atoms with Gasteiger partial charge in [0.1, 0.15) is 0 Å². The zero-order valence-electron chi connectivity index (χ0n) is 14.9. The van der Waals surface area contributed by atoms with Gasteiger partial charge < -0.3 is 10.6 Å². The van der Waals surface area contributed by atoms with Crippen molar-refractivity contribution in [2.24, 2.45) is 0 Å². The lowest BCUT2D eigenvalue weighted by Crippen LogP contribution is -2.25. The molecule has 3 rings (SSSR count). The Morgan fingerprint density at radius 1 is 0.926 bits per heavy atom. The highest BCUT2D eigenvalue weighted by Gasteiger charge is 2.27. The lowest BCUT2D eigenvalue weighted by Gasteiger charge is -2.08. The van der Waals surface area contributed by atoms with E-state index in [1.54, 1.807) is 24.3 Å². The number of rotatable bonds is 7. The molecule has 3 N–H and O–H groups in total. The van der Waals surface area contributed by atoms with Gasteiger partial charge >= 0.3 is 0 Å². The van der Waals surface area contributed by atoms with Crippen molar-refractivity contribution >= 4 is 27.5 Å². The molecule has 0 atom stereocenters. The molecular weight excluding hydrogens is 366 g/mol. The van der Waals surface area contributed by atoms with Gasteiger partial charge in [-0.25, -0.2) is 13.1 Å². The highest BCUT2D eigenvalue weighted by atomic mass is 32.2. The number of sulfonamides is 1. The van der Waals surface area contributed by atoms with Gasteiger partial charge in [-0.2, -0.15) is 0 Å². The highest BCUT2D eigenvalue weighted by molar-refractivity contribution is 7.89. The van der Waals surface area contributed by atoms with E-state index in [-0.39, 0.29) is 22.8 Å². The summed E-state index contributed by atoms with van der Waals surface area (Å²) < 4.78 is 26.9. The second kappa shape index (κ2) is 7.89. The SMILES string of the molecule is CCNC(=O)c1ccc(NC(=O)c2ccc(S(=O)(=O)NC3CC3)cc2)cc1. The summed E-state index contributed by atoms with van der Waals surface area (Å²) in [6.45, 7) is 2.38. The minimum absolute atomic E-state index is 0.0281. The van der Waals surface area contributed by atoms with Crippen molar-refractivity contribution in [2.45, 2.75) is 30.7 Å². The van der Waals surface area contributed by atoms with Gasteiger partial charge in [-0.3, -0.25) is 9.59 Å². The predicted octanol–water partition coefficient (Wildman–Crippen LogP) is 2.13. The van der Waals surface area contributed by atoms with Crippen LogP contribution < -0.4 is 15.4 Å². The quantitative estimate of drug-likeness (QED) is 0.677. The van der Waals surface area contributed by atoms with Crippen LogP contribution in [0.2, 0.25) is 0 Å². The standard InChI is InChI=1S/C19H21N3O4S/c1-2-20-18(23)13-3-7-15(8-4-13)21-19(24)14-5-11-17(12-6-14)27(25,26)22-16-9-10-16/h3-8,11-12,16,22H,2,9-10H2,1H3,(H,20,23)(H,21,24). The average Bonchev–Trinajstić information content (AvgIpc) is 3.46. The number of carbonyl (C=O) groups excluding carboxylic acids is 2. The van der Waals surface area contributed by atoms with Crippen LogP contribution in [0.1, 0.15) is 40.5 Å². The first kappa shape index (κ1) is 19.1. The van der Waals surface area contributed by atoms with Crippen molar-refractivity contribution < 1.29 is 18.0 Å². The highest BCUT2D eigenvalue weighted by Crippen LogP contribution is 2.22. The van der Waals surface area contributed by atoms with Crippen molar-refractivity contribution in [2.75, 3.05) is 11.9 Å². The maximum atomic E-state index is 12.3. The van der Waals surface area contributed by atoms with Crippen molar-refractivity contribution in [1.82, 2.24) is 10.0 Å². The van der Waals surface area contributed by atoms with Crippen molar-refractivity contribution in [3.8, 4) is 0 Å². The maximum absolute atomic E-state index is 12.3. The van der Waals surface area contributed by atoms with Crippen molar-refractivity contribution in [3.05, 3.63) is 59.7 Å². The fourth-order valence-corrected chi connectivity index (χ4v) is 3.75. The normalized spacial score (nSPS) is 13.8. The molecule has 8 heteroatoms. The van der Waals surface area contributed by atoms with Crippen LogP contribution in [0.15, 0.2) is 53.4 Å². The molecule has 0 heterocycles. The number of carbonyl (C=O) groups is 2. The topological polar surface area (TPSA) is 104 Å². The second-order valence-electron chi connectivity index (χ2n) is 6.31. The van der Waals surface area contributed by atoms with E-state index in [1.165, 1.54) is 24.3 Å². The predicted molar refractivity (Wildman–Crippen MR) is 102 cm³/mol. The molecule has 0 spiro atoms. The Morgan fingerprint density at radius 3 is 2.04 bits per heavy atom. The summed E-state index contributed by atoms with van der Waals surface area (Å²) in [5, 5.41) is 5.42. The van der Waals surface area contributed by atoms with E-state index < -0.39 is 10.0 Å². The van der Waals surface area contributed by atoms with Crippen LogP contribution in [0.25, 0.3) is 0 Å². The van der Waals surface area contributed by atoms with E-state index in [0.29, 0.717) is 23.4 Å². The molecule has 0 radical (unpaired) electrons. The number of benzene rings is 2. The van der Waals surface area contributed by atoms with Gasteiger partial charge in [0.15, 0.2) is 0 Å². The van der Waals surface area contributed by atoms with Gasteiger partial charge in [0, 0.05) is 29.4 Å². The summed E-state index contributed by atoms with van der Waals surface area (Å²) >= 11 is 0. The van der Waals surface area contributed by atoms with E-state index >= 15 is 0 Å². The third-order valence-electron chi connectivity index (χ3n) is 4.07. The summed E-state index contributed by atoms with van der Waals surface area (Å²) in [5.74, 6) is -0.535. The van der Waals surface area contributed by atoms with Gasteiger partial charge in [-0.05, 0) is 68.3 Å². The van der Waals surface area contributed by atoms with E-state index in [1.807, 2.05) is 6.92 Å². The molecule has 2 aromatic carbocycles. The lowest BCUT2D eigenvalue weighted by atomic mass is 10.1. The van der Waals surface area contributed by atoms with Crippen LogP contribution in [-0.2, 0) is 10.0 Å². The lowest BCUT2D eigenvalue weighted by molar-refractivity contribution is 0.0955. The third-order valence-corrected chi connectivity index (χ3v) is 5.60. The molecular formula is C19H21N3O4S. The van der Waals surface area contributed by atoms with Gasteiger partial charge in [-0.1, -0.05) is 0 Å². The molecule has 0 bridgehead atoms. The first-order chi connectivity index (χ1) is 12.9. The molecule has 0 saturated heterocycles. The zero-order chi connectivity index (χ0) is 19.4. The van der Waals surface area contributed by atoms with E-state index in [4.69, 9.17) is 0 Å². The summed E-state index contributed by atoms with van der Waals surface area (Å²) in [7, 11) is -3.54. The van der Waals surface area contributed by atoms with E-state index in [0.717, 1.165) is 12.8 Å². The molecule has 2 aromatic rings. The van der Waals surface area contributed by atoms with Crippen molar-refractivity contribution in [3.63, 3.8) is 0 Å². The average molecular weight is 387 g/mol. The van der Waals surface area contributed by atoms with Crippen LogP contribution in [-0.4, -0.2) is 32.8 Å². The Hall–Kier alpha value is -2.71. The number of nitrogens with one attached hydrogen (secondary N) is 3. The van der Waals surface area contributed by atoms with Gasteiger partial charge in [0.2, 0.25) is 10.0 Å². The Morgan fingerprint density at radius 2 is 1.48 bits per heavy atom. The molecule has 0 aliphatic heterocycles. The number of hydrogen-bond donors (Lipinski definition) is 3. The zero-order valence-corrected chi connectivity index (χ0v) is 15.7. The van der Waals surface area contributed by atoms with E-state index in [9.17, 15) is 18.0 Å². The summed E-state index contributed by atoms with van der Waals surface area (Å²) in [6, 6.07) is 12.3. The molecule has 142 valence electrons. The maximum Gasteiger partial charge on any atom is 0.255 e. The Kier molecular flexibility index (Phi) is 5.57. The molecule has 1 saturated carbocycles. The van der Waals surface area contributed by atoms with Crippen LogP contribution >= 0.6 is 0 Å². The molecule has 1 fully saturated rings. The smallest absolute Gasteiger partial charge is 0.255 e. The fourth-order valence-electron chi connectivity index (χ4n) is 2.44. The third kappa shape index (κ3) is 4.93. The molecule has 2 amide bonds. The number of hydrogen-bond acceptors (Lipinski definition) is 4. The molecule has 7 nitrogen and oxygen atoms in total. The van der Waals surface area contributed by atoms with Crippen LogP contribution in [0.4, 0.5) is 5.69 Å². The number of anilines is 1. The Balaban J connectivity index is 1.64. The van der Waals surface area contributed by atoms with Crippen molar-refractivity contribution in [1.29, 1.82) is 0 Å². The molecule has 27 heavy (non-hydrogen) atoms. The molecule has 0 unspecified atom stereocenters. The minimum Gasteiger partial charge on any atom is -0.352 e. The first-order valence-corrected chi connectivity index (χ1v) is 10.2. The first-order valence-electron chi connectivity index (χ1n) is 8.71. The summed E-state index contributed by atoms with van der Waals surface area (Å²) in [4.78, 5) is 24.2. The second-order valence-corrected chi connectivity index (χ2v) is 8.02. The monoisotopic (exact) mass is 387 g/mol. The fraction of sp³-hybridized carbons (Fsp3) is 0.263. The Bertz CT molecular complexity index is 934. The summed E-state index contributed by atoms with van der Waals surface area (Å²) in [5.41, 5.74) is 1.39. The van der Waals surface area contributed by atoms with Crippen LogP contribution in [0.5, 0.6) is 0 Å². The molecule has 1 aliphatic rings. The van der Waals surface area contributed by atoms with E-state index in [2.05, 4.69) is 15.4 Å². The summed E-state index contributed by atoms with van der Waals surface area (Å²) in [6.07, 6.45) is 1.72. The number of amides is 2. The van der Waals surface area contributed by atoms with Crippen LogP contribution in [0.3, 0.4) is 0 Å². The Labute approximate surface area is 158 Å².